The third-order valence-electron chi connectivity index (χ3n) is 4.36. The highest BCUT2D eigenvalue weighted by Gasteiger charge is 2.44. The van der Waals surface area contributed by atoms with Crippen molar-refractivity contribution < 1.29 is 19.7 Å². The second-order valence-corrected chi connectivity index (χ2v) is 5.73. The van der Waals surface area contributed by atoms with Crippen molar-refractivity contribution in [3.63, 3.8) is 0 Å². The molecule has 5 heteroatoms. The molecule has 120 valence electrons. The fourth-order valence-electron chi connectivity index (χ4n) is 3.21. The van der Waals surface area contributed by atoms with Crippen LogP contribution in [-0.4, -0.2) is 29.8 Å². The second kappa shape index (κ2) is 5.93. The van der Waals surface area contributed by atoms with Gasteiger partial charge < -0.3 is 14.9 Å². The predicted molar refractivity (Wildman–Crippen MR) is 85.8 cm³/mol. The van der Waals surface area contributed by atoms with Gasteiger partial charge in [0.15, 0.2) is 11.5 Å². The predicted octanol–water partition coefficient (Wildman–Crippen LogP) is 2.07. The molecule has 1 heterocycles. The minimum Gasteiger partial charge on any atom is -0.504 e. The molecule has 1 unspecified atom stereocenters. The number of fused-ring (bicyclic) bond motifs is 1. The van der Waals surface area contributed by atoms with Crippen molar-refractivity contribution in [3.8, 4) is 11.5 Å². The minimum atomic E-state index is -1.23. The van der Waals surface area contributed by atoms with E-state index in [1.165, 1.54) is 7.11 Å². The second-order valence-electron chi connectivity index (χ2n) is 5.73. The molecule has 0 spiro atoms. The lowest BCUT2D eigenvalue weighted by atomic mass is 9.78. The van der Waals surface area contributed by atoms with Gasteiger partial charge in [-0.3, -0.25) is 5.32 Å². The van der Waals surface area contributed by atoms with Crippen LogP contribution in [0.15, 0.2) is 42.5 Å². The average Bonchev–Trinajstić information content (AvgIpc) is 2.55. The molecule has 23 heavy (non-hydrogen) atoms. The largest absolute Gasteiger partial charge is 0.504 e. The summed E-state index contributed by atoms with van der Waals surface area (Å²) in [6, 6.07) is 12.8. The number of ether oxygens (including phenoxy) is 1. The topological polar surface area (TPSA) is 78.8 Å². The maximum atomic E-state index is 12.2. The molecule has 3 rings (SSSR count). The number of carbonyl (C=O) groups is 1. The Morgan fingerprint density at radius 2 is 2.04 bits per heavy atom. The number of nitrogens with one attached hydrogen (secondary N) is 1. The van der Waals surface area contributed by atoms with Crippen molar-refractivity contribution in [3.05, 3.63) is 59.2 Å². The van der Waals surface area contributed by atoms with Gasteiger partial charge in [0.2, 0.25) is 0 Å². The van der Waals surface area contributed by atoms with Crippen molar-refractivity contribution in [2.24, 2.45) is 0 Å². The SMILES string of the molecule is COc1cc2c(cc1O)CCNC2(Cc1ccccc1)C(=O)O. The Labute approximate surface area is 134 Å². The highest BCUT2D eigenvalue weighted by Crippen LogP contribution is 2.39. The van der Waals surface area contributed by atoms with Crippen LogP contribution in [0.5, 0.6) is 11.5 Å². The van der Waals surface area contributed by atoms with Gasteiger partial charge in [0.1, 0.15) is 5.54 Å². The van der Waals surface area contributed by atoms with Crippen LogP contribution in [0.2, 0.25) is 0 Å². The number of phenolic OH excluding ortho intramolecular Hbond substituents is 1. The molecule has 1 aliphatic heterocycles. The molecule has 1 atom stereocenters. The van der Waals surface area contributed by atoms with Gasteiger partial charge >= 0.3 is 5.97 Å². The van der Waals surface area contributed by atoms with Crippen LogP contribution >= 0.6 is 0 Å². The first-order chi connectivity index (χ1) is 11.1. The van der Waals surface area contributed by atoms with Gasteiger partial charge in [-0.25, -0.2) is 4.79 Å². The van der Waals surface area contributed by atoms with Gasteiger partial charge in [-0.2, -0.15) is 0 Å². The maximum Gasteiger partial charge on any atom is 0.328 e. The zero-order valence-corrected chi connectivity index (χ0v) is 12.9. The maximum absolute atomic E-state index is 12.2. The Balaban J connectivity index is 2.14. The van der Waals surface area contributed by atoms with Crippen molar-refractivity contribution in [1.82, 2.24) is 5.32 Å². The van der Waals surface area contributed by atoms with Crippen LogP contribution in [0.4, 0.5) is 0 Å². The number of aliphatic carboxylic acids is 1. The van der Waals surface area contributed by atoms with Gasteiger partial charge in [-0.1, -0.05) is 30.3 Å². The van der Waals surface area contributed by atoms with E-state index in [1.807, 2.05) is 30.3 Å². The third kappa shape index (κ3) is 2.64. The number of hydrogen-bond acceptors (Lipinski definition) is 4. The molecule has 5 nitrogen and oxygen atoms in total. The smallest absolute Gasteiger partial charge is 0.328 e. The summed E-state index contributed by atoms with van der Waals surface area (Å²) in [7, 11) is 1.46. The summed E-state index contributed by atoms with van der Waals surface area (Å²) in [6.07, 6.45) is 0.987. The molecule has 0 aromatic heterocycles. The van der Waals surface area contributed by atoms with E-state index in [-0.39, 0.29) is 11.5 Å². The first kappa shape index (κ1) is 15.4. The number of carboxylic acid groups (broad SMARTS) is 1. The molecule has 1 aliphatic rings. The van der Waals surface area contributed by atoms with Crippen LogP contribution in [0.1, 0.15) is 16.7 Å². The average molecular weight is 313 g/mol. The molecule has 2 aromatic carbocycles. The van der Waals surface area contributed by atoms with Gasteiger partial charge in [-0.05, 0) is 35.2 Å². The molecule has 2 aromatic rings. The lowest BCUT2D eigenvalue weighted by Crippen LogP contribution is -2.54. The lowest BCUT2D eigenvalue weighted by molar-refractivity contribution is -0.145. The first-order valence-corrected chi connectivity index (χ1v) is 7.49. The zero-order chi connectivity index (χ0) is 16.4. The number of hydrogen-bond donors (Lipinski definition) is 3. The summed E-state index contributed by atoms with van der Waals surface area (Å²) < 4.78 is 5.16. The Morgan fingerprint density at radius 1 is 1.30 bits per heavy atom. The van der Waals surface area contributed by atoms with Crippen LogP contribution in [0, 0.1) is 0 Å². The molecule has 3 N–H and O–H groups in total. The Bertz CT molecular complexity index is 729. The lowest BCUT2D eigenvalue weighted by Gasteiger charge is -2.37. The Morgan fingerprint density at radius 3 is 2.70 bits per heavy atom. The number of aromatic hydroxyl groups is 1. The van der Waals surface area contributed by atoms with Crippen LogP contribution in [0.25, 0.3) is 0 Å². The first-order valence-electron chi connectivity index (χ1n) is 7.49. The van der Waals surface area contributed by atoms with Gasteiger partial charge in [0.25, 0.3) is 0 Å². The fraction of sp³-hybridized carbons (Fsp3) is 0.278. The van der Waals surface area contributed by atoms with E-state index in [4.69, 9.17) is 4.74 Å². The summed E-state index contributed by atoms with van der Waals surface area (Å²) in [5.41, 5.74) is 1.19. The van der Waals surface area contributed by atoms with Crippen molar-refractivity contribution in [2.45, 2.75) is 18.4 Å². The highest BCUT2D eigenvalue weighted by atomic mass is 16.5. The summed E-state index contributed by atoms with van der Waals surface area (Å²) in [6.45, 7) is 0.540. The summed E-state index contributed by atoms with van der Waals surface area (Å²) in [4.78, 5) is 12.2. The normalized spacial score (nSPS) is 19.9. The number of carboxylic acids is 1. The minimum absolute atomic E-state index is 0.0344. The molecule has 0 aliphatic carbocycles. The van der Waals surface area contributed by atoms with Gasteiger partial charge in [0, 0.05) is 13.0 Å². The van der Waals surface area contributed by atoms with Crippen molar-refractivity contribution in [1.29, 1.82) is 0 Å². The molecular weight excluding hydrogens is 294 g/mol. The molecule has 0 bridgehead atoms. The van der Waals surface area contributed by atoms with E-state index in [9.17, 15) is 15.0 Å². The van der Waals surface area contributed by atoms with E-state index in [1.54, 1.807) is 12.1 Å². The Hall–Kier alpha value is -2.53. The van der Waals surface area contributed by atoms with Crippen LogP contribution < -0.4 is 10.1 Å². The molecule has 0 radical (unpaired) electrons. The molecule has 0 fully saturated rings. The summed E-state index contributed by atoms with van der Waals surface area (Å²) >= 11 is 0. The molecular formula is C18H19NO4. The number of methoxy groups -OCH3 is 1. The Kier molecular flexibility index (Phi) is 3.96. The fourth-order valence-corrected chi connectivity index (χ4v) is 3.21. The zero-order valence-electron chi connectivity index (χ0n) is 12.9. The van der Waals surface area contributed by atoms with Crippen LogP contribution in [-0.2, 0) is 23.2 Å². The standard InChI is InChI=1S/C18H19NO4/c1-23-16-10-14-13(9-15(16)20)7-8-19-18(14,17(21)22)11-12-5-3-2-4-6-12/h2-6,9-10,19-20H,7-8,11H2,1H3,(H,21,22). The highest BCUT2D eigenvalue weighted by molar-refractivity contribution is 5.83. The summed E-state index contributed by atoms with van der Waals surface area (Å²) in [5, 5.41) is 23.1. The van der Waals surface area contributed by atoms with E-state index in [0.717, 1.165) is 11.1 Å². The third-order valence-corrected chi connectivity index (χ3v) is 4.36. The van der Waals surface area contributed by atoms with Gasteiger partial charge in [0.05, 0.1) is 7.11 Å². The van der Waals surface area contributed by atoms with Crippen molar-refractivity contribution >= 4 is 5.97 Å². The van der Waals surface area contributed by atoms with Crippen LogP contribution in [0.3, 0.4) is 0 Å². The van der Waals surface area contributed by atoms with E-state index >= 15 is 0 Å². The molecule has 0 saturated heterocycles. The number of rotatable bonds is 4. The monoisotopic (exact) mass is 313 g/mol. The van der Waals surface area contributed by atoms with E-state index < -0.39 is 11.5 Å². The summed E-state index contributed by atoms with van der Waals surface area (Å²) in [5.74, 6) is -0.617. The van der Waals surface area contributed by atoms with E-state index in [0.29, 0.717) is 24.9 Å². The van der Waals surface area contributed by atoms with E-state index in [2.05, 4.69) is 5.32 Å². The molecule has 0 amide bonds. The van der Waals surface area contributed by atoms with Gasteiger partial charge in [-0.15, -0.1) is 0 Å². The number of benzene rings is 2. The number of phenols is 1. The van der Waals surface area contributed by atoms with Crippen molar-refractivity contribution in [2.75, 3.05) is 13.7 Å². The molecule has 0 saturated carbocycles. The quantitative estimate of drug-likeness (QED) is 0.805.